The van der Waals surface area contributed by atoms with E-state index in [9.17, 15) is 27.6 Å². The molecule has 1 aromatic carbocycles. The number of alkyl halides is 3. The first-order valence-electron chi connectivity index (χ1n) is 9.72. The van der Waals surface area contributed by atoms with Gasteiger partial charge in [0, 0.05) is 0 Å². The molecule has 1 heterocycles. The summed E-state index contributed by atoms with van der Waals surface area (Å²) in [5.41, 5.74) is -1.37. The Kier molecular flexibility index (Phi) is 3.76. The quantitative estimate of drug-likeness (QED) is 0.622. The van der Waals surface area contributed by atoms with Crippen molar-refractivity contribution < 1.29 is 27.6 Å². The minimum atomic E-state index is -4.63. The Morgan fingerprint density at radius 1 is 1.07 bits per heavy atom. The Bertz CT molecular complexity index is 921. The molecule has 7 unspecified atom stereocenters. The minimum absolute atomic E-state index is 0.0256. The molecular formula is C21H19F3N2O3. The summed E-state index contributed by atoms with van der Waals surface area (Å²) in [6.45, 7) is 1.38. The minimum Gasteiger partial charge on any atom is -0.324 e. The summed E-state index contributed by atoms with van der Waals surface area (Å²) in [7, 11) is 0. The predicted octanol–water partition coefficient (Wildman–Crippen LogP) is 3.09. The van der Waals surface area contributed by atoms with E-state index in [0.717, 1.165) is 23.5 Å². The molecule has 7 atom stereocenters. The van der Waals surface area contributed by atoms with Gasteiger partial charge in [0.05, 0.1) is 23.1 Å². The molecule has 8 heteroatoms. The van der Waals surface area contributed by atoms with Gasteiger partial charge in [-0.3, -0.25) is 19.3 Å². The average molecular weight is 404 g/mol. The maximum absolute atomic E-state index is 13.2. The van der Waals surface area contributed by atoms with Gasteiger partial charge in [-0.1, -0.05) is 24.3 Å². The molecule has 5 nitrogen and oxygen atoms in total. The van der Waals surface area contributed by atoms with E-state index in [-0.39, 0.29) is 23.7 Å². The Morgan fingerprint density at radius 2 is 1.62 bits per heavy atom. The lowest BCUT2D eigenvalue weighted by Crippen LogP contribution is -2.46. The molecule has 1 aromatic rings. The zero-order chi connectivity index (χ0) is 20.7. The number of hydrogen-bond donors (Lipinski definition) is 1. The smallest absolute Gasteiger partial charge is 0.324 e. The summed E-state index contributed by atoms with van der Waals surface area (Å²) in [5.74, 6) is -1.54. The first-order chi connectivity index (χ1) is 13.7. The molecule has 2 bridgehead atoms. The molecule has 0 aromatic heterocycles. The second-order valence-corrected chi connectivity index (χ2v) is 8.41. The summed E-state index contributed by atoms with van der Waals surface area (Å²) in [6.07, 6.45) is 0.450. The van der Waals surface area contributed by atoms with E-state index in [2.05, 4.69) is 5.32 Å². The average Bonchev–Trinajstić information content (AvgIpc) is 3.45. The maximum atomic E-state index is 13.2. The first kappa shape index (κ1) is 18.4. The molecule has 152 valence electrons. The fraction of sp³-hybridized carbons (Fsp3) is 0.476. The van der Waals surface area contributed by atoms with Gasteiger partial charge in [-0.2, -0.15) is 13.2 Å². The van der Waals surface area contributed by atoms with Crippen molar-refractivity contribution in [1.82, 2.24) is 4.90 Å². The predicted molar refractivity (Wildman–Crippen MR) is 96.1 cm³/mol. The van der Waals surface area contributed by atoms with Gasteiger partial charge < -0.3 is 5.32 Å². The molecular weight excluding hydrogens is 385 g/mol. The second-order valence-electron chi connectivity index (χ2n) is 8.41. The van der Waals surface area contributed by atoms with Gasteiger partial charge in [0.15, 0.2) is 0 Å². The summed E-state index contributed by atoms with van der Waals surface area (Å²) in [6, 6.07) is 3.45. The Balaban J connectivity index is 1.38. The number of carbonyl (C=O) groups is 3. The molecule has 6 rings (SSSR count). The molecule has 1 saturated heterocycles. The number of likely N-dealkylation sites (tertiary alicyclic amines) is 1. The molecule has 1 aliphatic heterocycles. The number of amides is 3. The van der Waals surface area contributed by atoms with Crippen LogP contribution in [0.3, 0.4) is 0 Å². The summed E-state index contributed by atoms with van der Waals surface area (Å²) in [4.78, 5) is 39.7. The monoisotopic (exact) mass is 404 g/mol. The zero-order valence-corrected chi connectivity index (χ0v) is 15.5. The molecule has 0 radical (unpaired) electrons. The number of para-hydroxylation sites is 1. The lowest BCUT2D eigenvalue weighted by Gasteiger charge is -2.37. The molecule has 1 N–H and O–H groups in total. The molecule has 3 amide bonds. The Labute approximate surface area is 164 Å². The van der Waals surface area contributed by atoms with Gasteiger partial charge >= 0.3 is 6.18 Å². The number of benzene rings is 1. The highest BCUT2D eigenvalue weighted by molar-refractivity contribution is 6.10. The maximum Gasteiger partial charge on any atom is 0.418 e. The van der Waals surface area contributed by atoms with E-state index in [1.807, 2.05) is 12.2 Å². The summed E-state index contributed by atoms with van der Waals surface area (Å²) < 4.78 is 39.5. The van der Waals surface area contributed by atoms with E-state index < -0.39 is 41.2 Å². The SMILES string of the molecule is CC(C(=O)Nc1ccccc1C(F)(F)F)N1C(=O)C2C3C=CC(C4CC34)C2C1=O. The number of nitrogens with one attached hydrogen (secondary N) is 1. The van der Waals surface area contributed by atoms with Crippen LogP contribution in [0.1, 0.15) is 18.9 Å². The summed E-state index contributed by atoms with van der Waals surface area (Å²) >= 11 is 0. The standard InChI is InChI=1S/C21H19F3N2O3/c1-9(18(27)25-15-5-3-2-4-14(15)21(22,23)24)26-19(28)16-10-6-7-11(13-8-12(10)13)17(16)20(26)29/h2-7,9-13,16-17H,8H2,1H3,(H,25,27). The molecule has 0 spiro atoms. The van der Waals surface area contributed by atoms with Crippen LogP contribution >= 0.6 is 0 Å². The highest BCUT2D eigenvalue weighted by atomic mass is 19.4. The Hall–Kier alpha value is -2.64. The van der Waals surface area contributed by atoms with Gasteiger partial charge in [-0.25, -0.2) is 0 Å². The molecule has 5 aliphatic rings. The third-order valence-corrected chi connectivity index (χ3v) is 6.95. The van der Waals surface area contributed by atoms with Crippen LogP contribution in [0.2, 0.25) is 0 Å². The van der Waals surface area contributed by atoms with Gasteiger partial charge in [0.1, 0.15) is 6.04 Å². The van der Waals surface area contributed by atoms with Crippen LogP contribution in [-0.2, 0) is 20.6 Å². The topological polar surface area (TPSA) is 66.5 Å². The fourth-order valence-electron chi connectivity index (χ4n) is 5.56. The van der Waals surface area contributed by atoms with E-state index in [1.54, 1.807) is 0 Å². The number of nitrogens with zero attached hydrogens (tertiary/aromatic N) is 1. The zero-order valence-electron chi connectivity index (χ0n) is 15.5. The first-order valence-corrected chi connectivity index (χ1v) is 9.72. The number of rotatable bonds is 3. The molecule has 29 heavy (non-hydrogen) atoms. The van der Waals surface area contributed by atoms with Crippen LogP contribution < -0.4 is 5.32 Å². The van der Waals surface area contributed by atoms with Gasteiger partial charge in [-0.15, -0.1) is 0 Å². The van der Waals surface area contributed by atoms with Crippen molar-refractivity contribution in [1.29, 1.82) is 0 Å². The number of hydrogen-bond acceptors (Lipinski definition) is 3. The van der Waals surface area contributed by atoms with Crippen molar-refractivity contribution in [3.63, 3.8) is 0 Å². The van der Waals surface area contributed by atoms with Crippen LogP contribution in [0.25, 0.3) is 0 Å². The van der Waals surface area contributed by atoms with Crippen LogP contribution in [0.15, 0.2) is 36.4 Å². The number of imide groups is 1. The lowest BCUT2D eigenvalue weighted by atomic mass is 9.63. The Morgan fingerprint density at radius 3 is 2.17 bits per heavy atom. The second kappa shape index (κ2) is 5.93. The van der Waals surface area contributed by atoms with E-state index >= 15 is 0 Å². The van der Waals surface area contributed by atoms with Crippen LogP contribution in [0.4, 0.5) is 18.9 Å². The van der Waals surface area contributed by atoms with Gasteiger partial charge in [0.25, 0.3) is 0 Å². The largest absolute Gasteiger partial charge is 0.418 e. The van der Waals surface area contributed by atoms with Crippen molar-refractivity contribution >= 4 is 23.4 Å². The van der Waals surface area contributed by atoms with Crippen LogP contribution in [0, 0.1) is 35.5 Å². The third kappa shape index (κ3) is 2.57. The highest BCUT2D eigenvalue weighted by Crippen LogP contribution is 2.65. The fourth-order valence-corrected chi connectivity index (χ4v) is 5.56. The van der Waals surface area contributed by atoms with Crippen molar-refractivity contribution in [3.05, 3.63) is 42.0 Å². The van der Waals surface area contributed by atoms with Crippen LogP contribution in [0.5, 0.6) is 0 Å². The van der Waals surface area contributed by atoms with E-state index in [4.69, 9.17) is 0 Å². The number of allylic oxidation sites excluding steroid dienone is 2. The summed E-state index contributed by atoms with van der Waals surface area (Å²) in [5, 5.41) is 2.25. The normalized spacial score (nSPS) is 35.4. The van der Waals surface area contributed by atoms with E-state index in [1.165, 1.54) is 19.1 Å². The van der Waals surface area contributed by atoms with Gasteiger partial charge in [0.2, 0.25) is 17.7 Å². The molecule has 3 fully saturated rings. The molecule has 4 aliphatic carbocycles. The van der Waals surface area contributed by atoms with Gasteiger partial charge in [-0.05, 0) is 49.1 Å². The van der Waals surface area contributed by atoms with E-state index in [0.29, 0.717) is 11.8 Å². The molecule has 2 saturated carbocycles. The highest BCUT2D eigenvalue weighted by Gasteiger charge is 2.67. The van der Waals surface area contributed by atoms with Crippen LogP contribution in [-0.4, -0.2) is 28.7 Å². The lowest BCUT2D eigenvalue weighted by molar-refractivity contribution is -0.146. The number of halogens is 3. The van der Waals surface area contributed by atoms with Crippen molar-refractivity contribution in [2.45, 2.75) is 25.6 Å². The van der Waals surface area contributed by atoms with Crippen molar-refractivity contribution in [2.75, 3.05) is 5.32 Å². The van der Waals surface area contributed by atoms with Crippen molar-refractivity contribution in [2.24, 2.45) is 35.5 Å². The third-order valence-electron chi connectivity index (χ3n) is 6.95. The van der Waals surface area contributed by atoms with Crippen molar-refractivity contribution in [3.8, 4) is 0 Å². The number of anilines is 1. The number of carbonyl (C=O) groups excluding carboxylic acids is 3.